The van der Waals surface area contributed by atoms with Gasteiger partial charge in [0.2, 0.25) is 0 Å². The normalized spacial score (nSPS) is 9.62. The Morgan fingerprint density at radius 3 is 2.12 bits per heavy atom. The largest absolute Gasteiger partial charge is 0.410 e. The zero-order valence-corrected chi connectivity index (χ0v) is 8.94. The van der Waals surface area contributed by atoms with E-state index in [9.17, 15) is 9.59 Å². The van der Waals surface area contributed by atoms with Crippen LogP contribution in [0.1, 0.15) is 11.1 Å². The van der Waals surface area contributed by atoms with Gasteiger partial charge in [0.15, 0.2) is 11.5 Å². The van der Waals surface area contributed by atoms with E-state index >= 15 is 0 Å². The number of amides is 2. The SMILES string of the molecule is Cc1cc(C)c(OC(N)=O)c(OC(N)=O)c1. The third kappa shape index (κ3) is 2.88. The lowest BCUT2D eigenvalue weighted by Gasteiger charge is -2.11. The Labute approximate surface area is 92.1 Å². The van der Waals surface area contributed by atoms with E-state index in [1.165, 1.54) is 6.07 Å². The Morgan fingerprint density at radius 2 is 1.62 bits per heavy atom. The molecule has 16 heavy (non-hydrogen) atoms. The molecule has 0 saturated carbocycles. The molecule has 86 valence electrons. The first-order valence-corrected chi connectivity index (χ1v) is 4.46. The highest BCUT2D eigenvalue weighted by Gasteiger charge is 2.14. The number of hydrogen-bond donors (Lipinski definition) is 2. The summed E-state index contributed by atoms with van der Waals surface area (Å²) in [6.07, 6.45) is -1.97. The van der Waals surface area contributed by atoms with Gasteiger partial charge in [-0.2, -0.15) is 0 Å². The Morgan fingerprint density at radius 1 is 1.06 bits per heavy atom. The van der Waals surface area contributed by atoms with Gasteiger partial charge in [-0.05, 0) is 31.0 Å². The predicted molar refractivity (Wildman–Crippen MR) is 56.3 cm³/mol. The third-order valence-electron chi connectivity index (χ3n) is 1.80. The van der Waals surface area contributed by atoms with Gasteiger partial charge in [0.1, 0.15) is 0 Å². The van der Waals surface area contributed by atoms with Crippen LogP contribution in [0.5, 0.6) is 11.5 Å². The number of primary amides is 2. The van der Waals surface area contributed by atoms with Gasteiger partial charge < -0.3 is 20.9 Å². The molecule has 6 heteroatoms. The summed E-state index contributed by atoms with van der Waals surface area (Å²) in [6.45, 7) is 3.49. The standard InChI is InChI=1S/C10H12N2O4/c1-5-3-6(2)8(16-10(12)14)7(4-5)15-9(11)13/h3-4H,1-2H3,(H2,11,13)(H2,12,14). The van der Waals surface area contributed by atoms with E-state index in [0.29, 0.717) is 5.56 Å². The molecular formula is C10H12N2O4. The molecule has 0 aliphatic carbocycles. The van der Waals surface area contributed by atoms with Crippen LogP contribution >= 0.6 is 0 Å². The predicted octanol–water partition coefficient (Wildman–Crippen LogP) is 1.22. The van der Waals surface area contributed by atoms with Gasteiger partial charge in [-0.15, -0.1) is 0 Å². The molecule has 0 fully saturated rings. The van der Waals surface area contributed by atoms with Crippen molar-refractivity contribution in [3.63, 3.8) is 0 Å². The van der Waals surface area contributed by atoms with Gasteiger partial charge in [0, 0.05) is 0 Å². The Balaban J connectivity index is 3.20. The second kappa shape index (κ2) is 4.52. The molecule has 6 nitrogen and oxygen atoms in total. The van der Waals surface area contributed by atoms with Gasteiger partial charge in [-0.25, -0.2) is 9.59 Å². The molecule has 0 bridgehead atoms. The first-order chi connectivity index (χ1) is 7.40. The molecule has 1 aromatic rings. The molecule has 0 radical (unpaired) electrons. The third-order valence-corrected chi connectivity index (χ3v) is 1.80. The van der Waals surface area contributed by atoms with Crippen molar-refractivity contribution in [2.45, 2.75) is 13.8 Å². The molecule has 1 rings (SSSR count). The van der Waals surface area contributed by atoms with Crippen LogP contribution in [-0.4, -0.2) is 12.2 Å². The summed E-state index contributed by atoms with van der Waals surface area (Å²) in [5.41, 5.74) is 11.2. The summed E-state index contributed by atoms with van der Waals surface area (Å²) < 4.78 is 9.45. The number of nitrogens with two attached hydrogens (primary N) is 2. The lowest BCUT2D eigenvalue weighted by Crippen LogP contribution is -2.20. The highest BCUT2D eigenvalue weighted by molar-refractivity contribution is 5.73. The Hall–Kier alpha value is -2.24. The van der Waals surface area contributed by atoms with Crippen LogP contribution in [0.25, 0.3) is 0 Å². The summed E-state index contributed by atoms with van der Waals surface area (Å²) >= 11 is 0. The van der Waals surface area contributed by atoms with Crippen LogP contribution in [0.2, 0.25) is 0 Å². The zero-order chi connectivity index (χ0) is 12.3. The maximum absolute atomic E-state index is 10.7. The number of aryl methyl sites for hydroxylation is 2. The van der Waals surface area contributed by atoms with E-state index in [4.69, 9.17) is 20.9 Å². The number of carbonyl (C=O) groups excluding carboxylic acids is 2. The van der Waals surface area contributed by atoms with E-state index in [-0.39, 0.29) is 11.5 Å². The quantitative estimate of drug-likeness (QED) is 0.787. The summed E-state index contributed by atoms with van der Waals surface area (Å²) in [5, 5.41) is 0. The maximum atomic E-state index is 10.7. The summed E-state index contributed by atoms with van der Waals surface area (Å²) in [6, 6.07) is 3.28. The van der Waals surface area contributed by atoms with Crippen molar-refractivity contribution in [1.82, 2.24) is 0 Å². The van der Waals surface area contributed by atoms with E-state index in [1.54, 1.807) is 19.9 Å². The molecule has 0 saturated heterocycles. The summed E-state index contributed by atoms with van der Waals surface area (Å²) in [4.78, 5) is 21.3. The number of ether oxygens (including phenoxy) is 2. The van der Waals surface area contributed by atoms with Crippen molar-refractivity contribution in [2.24, 2.45) is 11.5 Å². The van der Waals surface area contributed by atoms with Crippen LogP contribution in [-0.2, 0) is 0 Å². The fraction of sp³-hybridized carbons (Fsp3) is 0.200. The fourth-order valence-corrected chi connectivity index (χ4v) is 1.33. The molecular weight excluding hydrogens is 212 g/mol. The second-order valence-electron chi connectivity index (χ2n) is 3.25. The second-order valence-corrected chi connectivity index (χ2v) is 3.25. The smallest absolute Gasteiger partial charge is 0.406 e. The minimum Gasteiger partial charge on any atom is -0.406 e. The topological polar surface area (TPSA) is 105 Å². The highest BCUT2D eigenvalue weighted by Crippen LogP contribution is 2.32. The molecule has 0 aromatic heterocycles. The Bertz CT molecular complexity index is 443. The fourth-order valence-electron chi connectivity index (χ4n) is 1.33. The van der Waals surface area contributed by atoms with E-state index in [0.717, 1.165) is 5.56 Å². The number of carbonyl (C=O) groups is 2. The van der Waals surface area contributed by atoms with Crippen LogP contribution < -0.4 is 20.9 Å². The molecule has 0 atom stereocenters. The summed E-state index contributed by atoms with van der Waals surface area (Å²) in [5.74, 6) is 0.167. The van der Waals surface area contributed by atoms with E-state index < -0.39 is 12.2 Å². The highest BCUT2D eigenvalue weighted by atomic mass is 16.6. The average Bonchev–Trinajstić information content (AvgIpc) is 2.09. The van der Waals surface area contributed by atoms with Crippen molar-refractivity contribution < 1.29 is 19.1 Å². The minimum absolute atomic E-state index is 0.0730. The zero-order valence-electron chi connectivity index (χ0n) is 8.94. The molecule has 0 unspecified atom stereocenters. The van der Waals surface area contributed by atoms with Crippen molar-refractivity contribution >= 4 is 12.2 Å². The summed E-state index contributed by atoms with van der Waals surface area (Å²) in [7, 11) is 0. The monoisotopic (exact) mass is 224 g/mol. The minimum atomic E-state index is -0.987. The van der Waals surface area contributed by atoms with Gasteiger partial charge in [-0.3, -0.25) is 0 Å². The van der Waals surface area contributed by atoms with E-state index in [2.05, 4.69) is 0 Å². The van der Waals surface area contributed by atoms with Crippen molar-refractivity contribution in [2.75, 3.05) is 0 Å². The Kier molecular flexibility index (Phi) is 3.34. The van der Waals surface area contributed by atoms with Gasteiger partial charge >= 0.3 is 12.2 Å². The van der Waals surface area contributed by atoms with Crippen LogP contribution in [0.15, 0.2) is 12.1 Å². The number of benzene rings is 1. The molecule has 0 aliphatic rings. The molecule has 0 heterocycles. The molecule has 1 aromatic carbocycles. The van der Waals surface area contributed by atoms with Gasteiger partial charge in [0.25, 0.3) is 0 Å². The molecule has 2 amide bonds. The maximum Gasteiger partial charge on any atom is 0.410 e. The van der Waals surface area contributed by atoms with Gasteiger partial charge in [0.05, 0.1) is 0 Å². The average molecular weight is 224 g/mol. The van der Waals surface area contributed by atoms with Crippen molar-refractivity contribution in [1.29, 1.82) is 0 Å². The van der Waals surface area contributed by atoms with E-state index in [1.807, 2.05) is 0 Å². The number of rotatable bonds is 2. The van der Waals surface area contributed by atoms with Crippen LogP contribution in [0.4, 0.5) is 9.59 Å². The molecule has 0 aliphatic heterocycles. The lowest BCUT2D eigenvalue weighted by molar-refractivity contribution is 0.200. The van der Waals surface area contributed by atoms with Gasteiger partial charge in [-0.1, -0.05) is 6.07 Å². The first kappa shape index (κ1) is 11.8. The molecule has 0 spiro atoms. The van der Waals surface area contributed by atoms with Crippen LogP contribution in [0, 0.1) is 13.8 Å². The first-order valence-electron chi connectivity index (χ1n) is 4.46. The van der Waals surface area contributed by atoms with Crippen molar-refractivity contribution in [3.05, 3.63) is 23.3 Å². The molecule has 4 N–H and O–H groups in total. The van der Waals surface area contributed by atoms with Crippen molar-refractivity contribution in [3.8, 4) is 11.5 Å². The lowest BCUT2D eigenvalue weighted by atomic mass is 10.1. The number of hydrogen-bond acceptors (Lipinski definition) is 4. The van der Waals surface area contributed by atoms with Crippen LogP contribution in [0.3, 0.4) is 0 Å².